The lowest BCUT2D eigenvalue weighted by atomic mass is 9.96. The number of hydrogen-bond donors (Lipinski definition) is 4. The van der Waals surface area contributed by atoms with Gasteiger partial charge in [0.25, 0.3) is 11.5 Å². The number of nitrogens with one attached hydrogen (secondary N) is 2. The molecule has 1 aromatic heterocycles. The summed E-state index contributed by atoms with van der Waals surface area (Å²) in [6.45, 7) is 2.63. The summed E-state index contributed by atoms with van der Waals surface area (Å²) in [5, 5.41) is 22.2. The zero-order chi connectivity index (χ0) is 21.1. The number of likely N-dealkylation sites (tertiary alicyclic amines) is 1. The third kappa shape index (κ3) is 4.68. The number of halogens is 1. The first-order valence-corrected chi connectivity index (χ1v) is 9.48. The number of rotatable bonds is 4. The van der Waals surface area contributed by atoms with Gasteiger partial charge in [0.15, 0.2) is 5.69 Å². The molecule has 29 heavy (non-hydrogen) atoms. The van der Waals surface area contributed by atoms with Gasteiger partial charge in [0, 0.05) is 30.6 Å². The van der Waals surface area contributed by atoms with E-state index < -0.39 is 23.3 Å². The van der Waals surface area contributed by atoms with Crippen molar-refractivity contribution in [3.8, 4) is 5.75 Å². The summed E-state index contributed by atoms with van der Waals surface area (Å²) < 4.78 is 0. The SMILES string of the molecule is Cc1ccc(CNC(=O)c2nc(C3CCN(C(=O)O)CC3)[nH]c(=O)c2O)cc1Cl. The number of aryl methyl sites for hydroxylation is 1. The lowest BCUT2D eigenvalue weighted by molar-refractivity contribution is 0.0941. The molecule has 0 spiro atoms. The lowest BCUT2D eigenvalue weighted by Crippen LogP contribution is -2.37. The van der Waals surface area contributed by atoms with E-state index >= 15 is 0 Å². The molecule has 0 radical (unpaired) electrons. The van der Waals surface area contributed by atoms with Crippen LogP contribution in [0, 0.1) is 6.92 Å². The first-order chi connectivity index (χ1) is 13.8. The highest BCUT2D eigenvalue weighted by Crippen LogP contribution is 2.26. The number of nitrogens with zero attached hydrogens (tertiary/aromatic N) is 2. The molecular formula is C19H21ClN4O5. The monoisotopic (exact) mass is 420 g/mol. The van der Waals surface area contributed by atoms with Crippen LogP contribution in [0.15, 0.2) is 23.0 Å². The lowest BCUT2D eigenvalue weighted by Gasteiger charge is -2.29. The number of carboxylic acid groups (broad SMARTS) is 1. The second-order valence-corrected chi connectivity index (χ2v) is 7.37. The Bertz CT molecular complexity index is 999. The van der Waals surface area contributed by atoms with Gasteiger partial charge in [0.2, 0.25) is 5.75 Å². The third-order valence-electron chi connectivity index (χ3n) is 4.97. The van der Waals surface area contributed by atoms with Crippen molar-refractivity contribution in [2.24, 2.45) is 0 Å². The molecule has 0 unspecified atom stereocenters. The standard InChI is InChI=1S/C19H21ClN4O5/c1-10-2-3-11(8-13(10)20)9-21-17(26)14-15(25)18(27)23-16(22-14)12-4-6-24(7-5-12)19(28)29/h2-3,8,12,25H,4-7,9H2,1H3,(H,21,26)(H,28,29)(H,22,23,27). The summed E-state index contributed by atoms with van der Waals surface area (Å²) in [6, 6.07) is 5.37. The fourth-order valence-electron chi connectivity index (χ4n) is 3.19. The van der Waals surface area contributed by atoms with Crippen molar-refractivity contribution >= 4 is 23.6 Å². The summed E-state index contributed by atoms with van der Waals surface area (Å²) in [5.41, 5.74) is 0.510. The van der Waals surface area contributed by atoms with Crippen LogP contribution in [-0.4, -0.2) is 50.2 Å². The number of carbonyl (C=O) groups excluding carboxylic acids is 1. The predicted molar refractivity (Wildman–Crippen MR) is 105 cm³/mol. The van der Waals surface area contributed by atoms with E-state index in [0.29, 0.717) is 31.0 Å². The fourth-order valence-corrected chi connectivity index (χ4v) is 3.40. The Balaban J connectivity index is 1.75. The molecule has 3 rings (SSSR count). The van der Waals surface area contributed by atoms with Crippen LogP contribution >= 0.6 is 11.6 Å². The average molecular weight is 421 g/mol. The van der Waals surface area contributed by atoms with Gasteiger partial charge in [-0.05, 0) is 37.0 Å². The predicted octanol–water partition coefficient (Wildman–Crippen LogP) is 2.22. The topological polar surface area (TPSA) is 136 Å². The van der Waals surface area contributed by atoms with Crippen LogP contribution in [-0.2, 0) is 6.54 Å². The molecule has 2 aromatic rings. The van der Waals surface area contributed by atoms with Gasteiger partial charge in [0.1, 0.15) is 5.82 Å². The highest BCUT2D eigenvalue weighted by Gasteiger charge is 2.27. The first kappa shape index (κ1) is 20.7. The minimum absolute atomic E-state index is 0.152. The molecular weight excluding hydrogens is 400 g/mol. The summed E-state index contributed by atoms with van der Waals surface area (Å²) in [6.07, 6.45) is -0.0711. The number of aromatic nitrogens is 2. The molecule has 1 aromatic carbocycles. The molecule has 10 heteroatoms. The molecule has 1 aliphatic heterocycles. The van der Waals surface area contributed by atoms with Gasteiger partial charge in [-0.2, -0.15) is 0 Å². The van der Waals surface area contributed by atoms with E-state index in [1.807, 2.05) is 19.1 Å². The number of hydrogen-bond acceptors (Lipinski definition) is 5. The van der Waals surface area contributed by atoms with Crippen molar-refractivity contribution in [1.82, 2.24) is 20.2 Å². The number of amides is 2. The van der Waals surface area contributed by atoms with Crippen molar-refractivity contribution in [2.75, 3.05) is 13.1 Å². The Morgan fingerprint density at radius 1 is 1.34 bits per heavy atom. The smallest absolute Gasteiger partial charge is 0.407 e. The zero-order valence-electron chi connectivity index (χ0n) is 15.7. The summed E-state index contributed by atoms with van der Waals surface area (Å²) in [7, 11) is 0. The number of benzene rings is 1. The summed E-state index contributed by atoms with van der Waals surface area (Å²) in [5.74, 6) is -1.38. The Morgan fingerprint density at radius 3 is 2.66 bits per heavy atom. The molecule has 9 nitrogen and oxygen atoms in total. The van der Waals surface area contributed by atoms with E-state index in [1.54, 1.807) is 6.07 Å². The second kappa shape index (κ2) is 8.52. The number of aromatic amines is 1. The van der Waals surface area contributed by atoms with Crippen LogP contribution in [0.4, 0.5) is 4.79 Å². The Kier molecular flexibility index (Phi) is 6.07. The van der Waals surface area contributed by atoms with Crippen LogP contribution in [0.5, 0.6) is 5.75 Å². The molecule has 4 N–H and O–H groups in total. The maximum absolute atomic E-state index is 12.5. The van der Waals surface area contributed by atoms with Gasteiger partial charge in [0.05, 0.1) is 0 Å². The largest absolute Gasteiger partial charge is 0.501 e. The normalized spacial score (nSPS) is 14.6. The van der Waals surface area contributed by atoms with Crippen LogP contribution < -0.4 is 10.9 Å². The molecule has 154 valence electrons. The van der Waals surface area contributed by atoms with E-state index in [4.69, 9.17) is 16.7 Å². The van der Waals surface area contributed by atoms with Crippen molar-refractivity contribution in [3.05, 3.63) is 56.2 Å². The Morgan fingerprint density at radius 2 is 2.03 bits per heavy atom. The molecule has 0 aliphatic carbocycles. The van der Waals surface area contributed by atoms with Gasteiger partial charge in [-0.1, -0.05) is 23.7 Å². The maximum atomic E-state index is 12.5. The van der Waals surface area contributed by atoms with Crippen LogP contribution in [0.25, 0.3) is 0 Å². The van der Waals surface area contributed by atoms with Crippen LogP contribution in [0.2, 0.25) is 5.02 Å². The van der Waals surface area contributed by atoms with Crippen LogP contribution in [0.1, 0.15) is 46.2 Å². The van der Waals surface area contributed by atoms with Crippen molar-refractivity contribution in [3.63, 3.8) is 0 Å². The Labute approximate surface area is 171 Å². The molecule has 0 atom stereocenters. The van der Waals surface area contributed by atoms with E-state index in [-0.39, 0.29) is 24.0 Å². The second-order valence-electron chi connectivity index (χ2n) is 6.96. The maximum Gasteiger partial charge on any atom is 0.407 e. The Hall–Kier alpha value is -3.07. The van der Waals surface area contributed by atoms with Gasteiger partial charge < -0.3 is 25.4 Å². The zero-order valence-corrected chi connectivity index (χ0v) is 16.5. The summed E-state index contributed by atoms with van der Waals surface area (Å²) >= 11 is 6.08. The van der Waals surface area contributed by atoms with E-state index in [0.717, 1.165) is 11.1 Å². The number of H-pyrrole nitrogens is 1. The minimum Gasteiger partial charge on any atom is -0.501 e. The van der Waals surface area contributed by atoms with Gasteiger partial charge in [-0.15, -0.1) is 0 Å². The van der Waals surface area contributed by atoms with E-state index in [1.165, 1.54) is 4.90 Å². The quantitative estimate of drug-likeness (QED) is 0.598. The highest BCUT2D eigenvalue weighted by molar-refractivity contribution is 6.31. The highest BCUT2D eigenvalue weighted by atomic mass is 35.5. The van der Waals surface area contributed by atoms with Crippen LogP contribution in [0.3, 0.4) is 0 Å². The van der Waals surface area contributed by atoms with Crippen molar-refractivity contribution < 1.29 is 19.8 Å². The molecule has 2 heterocycles. The summed E-state index contributed by atoms with van der Waals surface area (Å²) in [4.78, 5) is 43.6. The molecule has 2 amide bonds. The molecule has 0 bridgehead atoms. The molecule has 1 saturated heterocycles. The first-order valence-electron chi connectivity index (χ1n) is 9.10. The number of piperidine rings is 1. The van der Waals surface area contributed by atoms with Crippen molar-refractivity contribution in [1.29, 1.82) is 0 Å². The van der Waals surface area contributed by atoms with Gasteiger partial charge in [-0.3, -0.25) is 9.59 Å². The molecule has 0 saturated carbocycles. The minimum atomic E-state index is -0.994. The number of aromatic hydroxyl groups is 1. The molecule has 1 fully saturated rings. The van der Waals surface area contributed by atoms with Gasteiger partial charge >= 0.3 is 6.09 Å². The molecule has 1 aliphatic rings. The van der Waals surface area contributed by atoms with Crippen molar-refractivity contribution in [2.45, 2.75) is 32.2 Å². The fraction of sp³-hybridized carbons (Fsp3) is 0.368. The number of carbonyl (C=O) groups is 2. The van der Waals surface area contributed by atoms with Gasteiger partial charge in [-0.25, -0.2) is 9.78 Å². The van der Waals surface area contributed by atoms with E-state index in [9.17, 15) is 19.5 Å². The van der Waals surface area contributed by atoms with E-state index in [2.05, 4.69) is 15.3 Å². The third-order valence-corrected chi connectivity index (χ3v) is 5.38. The average Bonchev–Trinajstić information content (AvgIpc) is 2.70.